The van der Waals surface area contributed by atoms with E-state index in [2.05, 4.69) is 5.32 Å². The summed E-state index contributed by atoms with van der Waals surface area (Å²) in [6.07, 6.45) is 1.69. The molecule has 1 aromatic carbocycles. The molecule has 12 nitrogen and oxygen atoms in total. The Morgan fingerprint density at radius 3 is 2.35 bits per heavy atom. The Labute approximate surface area is 231 Å². The number of nitrogens with zero attached hydrogens (tertiary/aromatic N) is 2. The van der Waals surface area contributed by atoms with Gasteiger partial charge in [-0.1, -0.05) is 13.3 Å². The van der Waals surface area contributed by atoms with Crippen LogP contribution in [0.2, 0.25) is 0 Å². The molecule has 0 aliphatic heterocycles. The molecule has 0 unspecified atom stereocenters. The molecule has 0 spiro atoms. The number of hydrogen-bond donors (Lipinski definition) is 6. The van der Waals surface area contributed by atoms with E-state index in [0.717, 1.165) is 12.8 Å². The van der Waals surface area contributed by atoms with Crippen LogP contribution in [0, 0.1) is 11.8 Å². The van der Waals surface area contributed by atoms with Gasteiger partial charge >= 0.3 is 0 Å². The third kappa shape index (κ3) is 4.13. The molecule has 3 aliphatic carbocycles. The Kier molecular flexibility index (Phi) is 7.46. The van der Waals surface area contributed by atoms with Crippen molar-refractivity contribution in [2.45, 2.75) is 44.2 Å². The number of likely N-dealkylation sites (N-methyl/N-ethyl adjacent to an activating group) is 1. The Bertz CT molecular complexity index is 1380. The highest BCUT2D eigenvalue weighted by atomic mass is 16.3. The Morgan fingerprint density at radius 2 is 1.80 bits per heavy atom. The van der Waals surface area contributed by atoms with E-state index >= 15 is 0 Å². The quantitative estimate of drug-likeness (QED) is 0.204. The largest absolute Gasteiger partial charge is 0.508 e. The van der Waals surface area contributed by atoms with Crippen LogP contribution in [-0.2, 0) is 20.8 Å². The molecule has 4 rings (SSSR count). The summed E-state index contributed by atoms with van der Waals surface area (Å²) < 4.78 is 0. The normalized spacial score (nSPS) is 25.9. The first-order valence-corrected chi connectivity index (χ1v) is 13.2. The number of fused-ring (bicyclic) bond motifs is 3. The summed E-state index contributed by atoms with van der Waals surface area (Å²) in [5.74, 6) is -7.94. The Morgan fingerprint density at radius 1 is 1.15 bits per heavy atom. The van der Waals surface area contributed by atoms with Gasteiger partial charge in [-0.15, -0.1) is 0 Å². The molecule has 3 aliphatic rings. The average molecular weight is 557 g/mol. The van der Waals surface area contributed by atoms with E-state index in [4.69, 9.17) is 5.73 Å². The predicted octanol–water partition coefficient (Wildman–Crippen LogP) is 0.560. The standard InChI is InChI=1S/C28H36N4O8/c1-6-7-8-30-27(39)14-11-16(31(2)3)13-9-12-10-15-20(32(4)5)23(35)19(26(29)38)25(37)28(15,40)24(36)17(12)22(34)18(13)21(14)33/h11-12,15,20,33-34,37,40H,6-10H2,1-5H3,(H2,29,38)(H,30,39)/t12-,15-,20-,28-/m0/s1. The van der Waals surface area contributed by atoms with Gasteiger partial charge in [-0.05, 0) is 50.9 Å². The number of aliphatic hydroxyl groups excluding tert-OH is 2. The molecule has 40 heavy (non-hydrogen) atoms. The number of rotatable bonds is 7. The molecule has 2 amide bonds. The van der Waals surface area contributed by atoms with Gasteiger partial charge < -0.3 is 36.4 Å². The van der Waals surface area contributed by atoms with Crippen molar-refractivity contribution in [3.05, 3.63) is 39.7 Å². The zero-order chi connectivity index (χ0) is 29.8. The number of hydrogen-bond acceptors (Lipinski definition) is 10. The van der Waals surface area contributed by atoms with Crippen molar-refractivity contribution in [1.82, 2.24) is 10.2 Å². The fraction of sp³-hybridized carbons (Fsp3) is 0.500. The third-order valence-electron chi connectivity index (χ3n) is 8.24. The van der Waals surface area contributed by atoms with Crippen molar-refractivity contribution in [2.75, 3.05) is 39.6 Å². The monoisotopic (exact) mass is 556 g/mol. The van der Waals surface area contributed by atoms with Crippen LogP contribution in [0.1, 0.15) is 47.7 Å². The zero-order valence-corrected chi connectivity index (χ0v) is 23.2. The van der Waals surface area contributed by atoms with Crippen molar-refractivity contribution in [3.63, 3.8) is 0 Å². The summed E-state index contributed by atoms with van der Waals surface area (Å²) in [7, 11) is 6.57. The number of aliphatic hydroxyl groups is 3. The van der Waals surface area contributed by atoms with E-state index in [1.807, 2.05) is 6.92 Å². The summed E-state index contributed by atoms with van der Waals surface area (Å²) in [4.78, 5) is 55.5. The van der Waals surface area contributed by atoms with Crippen LogP contribution in [0.3, 0.4) is 0 Å². The van der Waals surface area contributed by atoms with Crippen molar-refractivity contribution >= 4 is 34.8 Å². The number of phenols is 1. The van der Waals surface area contributed by atoms with Crippen LogP contribution >= 0.6 is 0 Å². The molecule has 0 aromatic heterocycles. The molecule has 0 saturated heterocycles. The zero-order valence-electron chi connectivity index (χ0n) is 23.2. The van der Waals surface area contributed by atoms with Gasteiger partial charge in [-0.2, -0.15) is 0 Å². The summed E-state index contributed by atoms with van der Waals surface area (Å²) in [6, 6.07) is 0.364. The molecule has 216 valence electrons. The minimum Gasteiger partial charge on any atom is -0.508 e. The van der Waals surface area contributed by atoms with Gasteiger partial charge in [0.15, 0.2) is 11.4 Å². The van der Waals surface area contributed by atoms with Crippen LogP contribution in [0.4, 0.5) is 5.69 Å². The highest BCUT2D eigenvalue weighted by Crippen LogP contribution is 2.54. The molecule has 7 N–H and O–H groups in total. The molecular formula is C28H36N4O8. The van der Waals surface area contributed by atoms with E-state index in [1.54, 1.807) is 33.1 Å². The fourth-order valence-corrected chi connectivity index (χ4v) is 6.34. The second-order valence-electron chi connectivity index (χ2n) is 11.1. The van der Waals surface area contributed by atoms with Gasteiger partial charge in [0, 0.05) is 37.8 Å². The maximum Gasteiger partial charge on any atom is 0.255 e. The number of benzene rings is 1. The lowest BCUT2D eigenvalue weighted by Gasteiger charge is -2.50. The molecule has 1 aromatic rings. The van der Waals surface area contributed by atoms with Crippen molar-refractivity contribution in [3.8, 4) is 5.75 Å². The lowest BCUT2D eigenvalue weighted by atomic mass is 9.57. The molecule has 12 heteroatoms. The van der Waals surface area contributed by atoms with Gasteiger partial charge in [0.2, 0.25) is 5.78 Å². The predicted molar refractivity (Wildman–Crippen MR) is 146 cm³/mol. The van der Waals surface area contributed by atoms with Crippen molar-refractivity contribution < 1.29 is 39.6 Å². The number of phenolic OH excluding ortho intramolecular Hbond substituents is 1. The van der Waals surface area contributed by atoms with Crippen LogP contribution in [0.15, 0.2) is 23.0 Å². The lowest BCUT2D eigenvalue weighted by molar-refractivity contribution is -0.153. The molecule has 0 bridgehead atoms. The number of carbonyl (C=O) groups excluding carboxylic acids is 4. The van der Waals surface area contributed by atoms with Gasteiger partial charge in [0.1, 0.15) is 22.8 Å². The minimum absolute atomic E-state index is 0.0152. The van der Waals surface area contributed by atoms with Gasteiger partial charge in [0.25, 0.3) is 11.8 Å². The fourth-order valence-electron chi connectivity index (χ4n) is 6.34. The Balaban J connectivity index is 1.95. The highest BCUT2D eigenvalue weighted by molar-refractivity contribution is 6.24. The minimum atomic E-state index is -2.72. The van der Waals surface area contributed by atoms with Crippen molar-refractivity contribution in [2.24, 2.45) is 17.6 Å². The smallest absolute Gasteiger partial charge is 0.255 e. The number of ketones is 2. The molecule has 1 fully saturated rings. The second-order valence-corrected chi connectivity index (χ2v) is 11.1. The average Bonchev–Trinajstić information content (AvgIpc) is 2.85. The number of amides is 2. The maximum absolute atomic E-state index is 14.0. The number of nitrogens with one attached hydrogen (secondary N) is 1. The van der Waals surface area contributed by atoms with E-state index in [1.165, 1.54) is 11.0 Å². The Hall–Kier alpha value is -3.90. The van der Waals surface area contributed by atoms with Crippen LogP contribution in [0.25, 0.3) is 5.76 Å². The number of aromatic hydroxyl groups is 1. The molecule has 0 heterocycles. The second kappa shape index (κ2) is 10.3. The van der Waals surface area contributed by atoms with Gasteiger partial charge in [-0.3, -0.25) is 24.1 Å². The molecule has 4 atom stereocenters. The number of primary amides is 1. The topological polar surface area (TPSA) is 194 Å². The number of unbranched alkanes of at least 4 members (excludes halogenated alkanes) is 1. The first-order chi connectivity index (χ1) is 18.7. The van der Waals surface area contributed by atoms with Gasteiger partial charge in [0.05, 0.1) is 17.2 Å². The van der Waals surface area contributed by atoms with Crippen LogP contribution in [-0.4, -0.2) is 95.1 Å². The highest BCUT2D eigenvalue weighted by Gasteiger charge is 2.64. The first-order valence-electron chi connectivity index (χ1n) is 13.2. The number of Topliss-reactive ketones (excluding diaryl/α,β-unsaturated/α-hetero) is 2. The van der Waals surface area contributed by atoms with Crippen molar-refractivity contribution in [1.29, 1.82) is 0 Å². The lowest BCUT2D eigenvalue weighted by Crippen LogP contribution is -2.65. The third-order valence-corrected chi connectivity index (χ3v) is 8.24. The van der Waals surface area contributed by atoms with E-state index in [9.17, 15) is 39.6 Å². The van der Waals surface area contributed by atoms with Gasteiger partial charge in [-0.25, -0.2) is 0 Å². The first kappa shape index (κ1) is 29.1. The van der Waals surface area contributed by atoms with Crippen LogP contribution < -0.4 is 16.0 Å². The molecule has 1 saturated carbocycles. The van der Waals surface area contributed by atoms with E-state index < -0.39 is 69.7 Å². The van der Waals surface area contributed by atoms with E-state index in [-0.39, 0.29) is 29.5 Å². The molecule has 0 radical (unpaired) electrons. The van der Waals surface area contributed by atoms with E-state index in [0.29, 0.717) is 17.8 Å². The maximum atomic E-state index is 14.0. The number of anilines is 1. The summed E-state index contributed by atoms with van der Waals surface area (Å²) in [6.45, 7) is 2.35. The molecular weight excluding hydrogens is 520 g/mol. The summed E-state index contributed by atoms with van der Waals surface area (Å²) in [5, 5.41) is 48.1. The summed E-state index contributed by atoms with van der Waals surface area (Å²) in [5.41, 5.74) is 2.30. The summed E-state index contributed by atoms with van der Waals surface area (Å²) >= 11 is 0. The van der Waals surface area contributed by atoms with Crippen LogP contribution in [0.5, 0.6) is 5.75 Å². The number of nitrogens with two attached hydrogens (primary N) is 1. The number of carbonyl (C=O) groups is 4. The SMILES string of the molecule is CCCCNC(=O)c1cc(N(C)C)c2c(c1O)C(O)=C1C(=O)[C@]3(O)C(O)=C(C(N)=O)C(=O)[C@@H](N(C)C)[C@@H]3C[C@@H]1C2.